The number of aliphatic hydroxyl groups is 15. The molecule has 0 amide bonds. The minimum absolute atomic E-state index is 0.00949. The van der Waals surface area contributed by atoms with Crippen molar-refractivity contribution in [3.8, 4) is 0 Å². The summed E-state index contributed by atoms with van der Waals surface area (Å²) in [7, 11) is 0. The number of fused-ring (bicyclic) bond motifs is 7. The van der Waals surface area contributed by atoms with Crippen LogP contribution in [0.1, 0.15) is 91.9 Å². The van der Waals surface area contributed by atoms with Crippen LogP contribution >= 0.6 is 0 Å². The van der Waals surface area contributed by atoms with Gasteiger partial charge in [0, 0.05) is 12.3 Å². The largest absolute Gasteiger partial charge is 0.394 e. The Morgan fingerprint density at radius 2 is 1.05 bits per heavy atom. The normalized spacial score (nSPS) is 55.4. The van der Waals surface area contributed by atoms with Gasteiger partial charge >= 0.3 is 0 Å². The zero-order chi connectivity index (χ0) is 54.2. The average molecular weight is 1080 g/mol. The van der Waals surface area contributed by atoms with Crippen LogP contribution < -0.4 is 0 Å². The molecule has 9 fully saturated rings. The monoisotopic (exact) mass is 1080 g/mol. The number of hydrogen-bond acceptors (Lipinski definition) is 24. The van der Waals surface area contributed by atoms with Crippen LogP contribution in [0.2, 0.25) is 0 Å². The quantitative estimate of drug-likeness (QED) is 0.0656. The van der Waals surface area contributed by atoms with Crippen molar-refractivity contribution in [2.45, 2.75) is 233 Å². The van der Waals surface area contributed by atoms with E-state index in [0.717, 1.165) is 38.5 Å². The molecule has 1 unspecified atom stereocenters. The first-order valence-electron chi connectivity index (χ1n) is 27.4. The Labute approximate surface area is 436 Å². The standard InChI is InChI=1S/C51H86O24/c1-20(19-67-45-42(65)39(62)43(31(18-55)72-45)73-46-40(63)36(59)33(56)28(15-52)69-46)7-12-51(66)21(2)32-27(75-51)14-26-24-6-5-22-13-23(8-10-49(22,3)25(24)9-11-50(26,32)4)68-48-44(38(61)35(58)30(17-54)71-48)74-47-41(64)37(60)34(57)29(16-53)70-47/h20-48,52-66H,5-19H2,1-4H3/t20-,21-,22+,23-,24+,25-,26-,27-,28+,29+,30+,31+,32-,33+,34+,35-,36-,37-,38-,39+,40+,41+,42+,43+,44+,45+,46+,47-,48+,49-,50-,51?/m0/s1. The van der Waals surface area contributed by atoms with E-state index in [2.05, 4.69) is 20.8 Å². The fourth-order valence-electron chi connectivity index (χ4n) is 15.6. The summed E-state index contributed by atoms with van der Waals surface area (Å²) in [5, 5.41) is 158. The van der Waals surface area contributed by atoms with Crippen LogP contribution in [0.5, 0.6) is 0 Å². The van der Waals surface area contributed by atoms with Crippen molar-refractivity contribution in [1.82, 2.24) is 0 Å². The van der Waals surface area contributed by atoms with Crippen LogP contribution in [0.3, 0.4) is 0 Å². The van der Waals surface area contributed by atoms with Crippen LogP contribution in [-0.2, 0) is 42.6 Å². The smallest absolute Gasteiger partial charge is 0.187 e. The predicted octanol–water partition coefficient (Wildman–Crippen LogP) is -3.95. The maximum absolute atomic E-state index is 12.2. The number of aliphatic hydroxyl groups excluding tert-OH is 14. The second-order valence-electron chi connectivity index (χ2n) is 24.3. The summed E-state index contributed by atoms with van der Waals surface area (Å²) in [5.74, 6) is 0.0568. The minimum Gasteiger partial charge on any atom is -0.394 e. The van der Waals surface area contributed by atoms with Crippen molar-refractivity contribution in [2.24, 2.45) is 52.3 Å². The summed E-state index contributed by atoms with van der Waals surface area (Å²) >= 11 is 0. The highest BCUT2D eigenvalue weighted by atomic mass is 16.8. The van der Waals surface area contributed by atoms with E-state index in [4.69, 9.17) is 42.6 Å². The van der Waals surface area contributed by atoms with Gasteiger partial charge in [-0.15, -0.1) is 0 Å². The Bertz CT molecular complexity index is 1870. The molecule has 24 nitrogen and oxygen atoms in total. The molecule has 4 aliphatic carbocycles. The predicted molar refractivity (Wildman–Crippen MR) is 252 cm³/mol. The molecule has 32 atom stereocenters. The Morgan fingerprint density at radius 1 is 0.533 bits per heavy atom. The van der Waals surface area contributed by atoms with Crippen LogP contribution in [0, 0.1) is 52.3 Å². The summed E-state index contributed by atoms with van der Waals surface area (Å²) in [6.45, 7) is 6.16. The number of hydrogen-bond donors (Lipinski definition) is 15. The minimum atomic E-state index is -1.78. The van der Waals surface area contributed by atoms with Crippen LogP contribution in [0.15, 0.2) is 0 Å². The van der Waals surface area contributed by atoms with Gasteiger partial charge in [0.1, 0.15) is 97.7 Å². The van der Waals surface area contributed by atoms with Crippen molar-refractivity contribution >= 4 is 0 Å². The van der Waals surface area contributed by atoms with E-state index in [1.807, 2.05) is 6.92 Å². The van der Waals surface area contributed by atoms with Gasteiger partial charge in [0.2, 0.25) is 0 Å². The second kappa shape index (κ2) is 23.1. The maximum Gasteiger partial charge on any atom is 0.187 e. The Morgan fingerprint density at radius 3 is 1.65 bits per heavy atom. The van der Waals surface area contributed by atoms with Gasteiger partial charge in [0.15, 0.2) is 30.9 Å². The zero-order valence-electron chi connectivity index (χ0n) is 43.2. The summed E-state index contributed by atoms with van der Waals surface area (Å²) in [6.07, 6.45) is -23.3. The van der Waals surface area contributed by atoms with E-state index in [1.165, 1.54) is 0 Å². The highest BCUT2D eigenvalue weighted by Crippen LogP contribution is 2.71. The Kier molecular flexibility index (Phi) is 18.1. The van der Waals surface area contributed by atoms with E-state index >= 15 is 0 Å². The summed E-state index contributed by atoms with van der Waals surface area (Å²) in [4.78, 5) is 0. The lowest BCUT2D eigenvalue weighted by Gasteiger charge is -2.61. The van der Waals surface area contributed by atoms with Crippen molar-refractivity contribution < 1.29 is 119 Å². The molecule has 0 radical (unpaired) electrons. The average Bonchev–Trinajstić information content (AvgIpc) is 3.83. The molecule has 5 heterocycles. The van der Waals surface area contributed by atoms with Gasteiger partial charge in [-0.2, -0.15) is 0 Å². The highest BCUT2D eigenvalue weighted by Gasteiger charge is 2.68. The lowest BCUT2D eigenvalue weighted by atomic mass is 9.44. The van der Waals surface area contributed by atoms with Crippen LogP contribution in [0.25, 0.3) is 0 Å². The molecule has 24 heteroatoms. The van der Waals surface area contributed by atoms with Gasteiger partial charge in [-0.05, 0) is 104 Å². The molecule has 0 aromatic rings. The van der Waals surface area contributed by atoms with Crippen LogP contribution in [0.4, 0.5) is 0 Å². The molecule has 434 valence electrons. The first kappa shape index (κ1) is 58.7. The van der Waals surface area contributed by atoms with Gasteiger partial charge in [0.25, 0.3) is 0 Å². The van der Waals surface area contributed by atoms with Gasteiger partial charge in [0.05, 0.1) is 45.2 Å². The zero-order valence-corrected chi connectivity index (χ0v) is 43.2. The van der Waals surface area contributed by atoms with E-state index in [0.29, 0.717) is 49.4 Å². The molecule has 5 aliphatic heterocycles. The molecule has 15 N–H and O–H groups in total. The Hall–Kier alpha value is -0.960. The second-order valence-corrected chi connectivity index (χ2v) is 24.3. The van der Waals surface area contributed by atoms with E-state index in [-0.39, 0.29) is 47.4 Å². The molecule has 4 saturated carbocycles. The lowest BCUT2D eigenvalue weighted by molar-refractivity contribution is -0.373. The molecule has 0 aromatic heterocycles. The van der Waals surface area contributed by atoms with Gasteiger partial charge in [-0.1, -0.05) is 27.7 Å². The molecular weight excluding hydrogens is 997 g/mol. The molecule has 9 aliphatic rings. The first-order chi connectivity index (χ1) is 35.5. The fourth-order valence-corrected chi connectivity index (χ4v) is 15.6. The lowest BCUT2D eigenvalue weighted by Crippen LogP contribution is -2.65. The Balaban J connectivity index is 0.770. The number of rotatable bonds is 16. The topological polar surface area (TPSA) is 387 Å². The van der Waals surface area contributed by atoms with E-state index < -0.39 is 155 Å². The van der Waals surface area contributed by atoms with E-state index in [1.54, 1.807) is 0 Å². The van der Waals surface area contributed by atoms with Crippen molar-refractivity contribution in [3.05, 3.63) is 0 Å². The maximum atomic E-state index is 12.2. The third kappa shape index (κ3) is 10.7. The summed E-state index contributed by atoms with van der Waals surface area (Å²) in [5.41, 5.74) is -0.0463. The summed E-state index contributed by atoms with van der Waals surface area (Å²) < 4.78 is 53.6. The molecule has 0 bridgehead atoms. The van der Waals surface area contributed by atoms with Gasteiger partial charge < -0.3 is 119 Å². The molecule has 75 heavy (non-hydrogen) atoms. The third-order valence-electron chi connectivity index (χ3n) is 20.1. The molecule has 5 saturated heterocycles. The van der Waals surface area contributed by atoms with E-state index in [9.17, 15) is 76.6 Å². The first-order valence-corrected chi connectivity index (χ1v) is 27.4. The van der Waals surface area contributed by atoms with Crippen LogP contribution in [-0.4, -0.2) is 250 Å². The SMILES string of the molecule is C[C@@H](CCC1(O)O[C@H]2C[C@H]3[C@@H]4CC[C@@H]5C[C@@H](O[C@@H]6O[C@H](CO)[C@H](O)[C@H](O)[C@H]6O[C@@H]6O[C@H](CO)[C@@H](O)[C@H](O)[C@H]6O)CC[C@]5(C)[C@H]4CC[C@]3(C)[C@H]2[C@@H]1C)CO[C@@H]1O[C@H](CO)[C@@H](O[C@H]2O[C@H](CO)[C@@H](O)[C@H](O)[C@H]2O)[C@H](O)[C@H]1O. The molecular formula is C51H86O24. The number of ether oxygens (including phenoxy) is 9. The third-order valence-corrected chi connectivity index (χ3v) is 20.1. The van der Waals surface area contributed by atoms with Crippen molar-refractivity contribution in [2.75, 3.05) is 33.0 Å². The highest BCUT2D eigenvalue weighted by molar-refractivity contribution is 5.15. The molecule has 9 rings (SSSR count). The summed E-state index contributed by atoms with van der Waals surface area (Å²) in [6, 6.07) is 0. The fraction of sp³-hybridized carbons (Fsp3) is 1.00. The molecule has 0 aromatic carbocycles. The van der Waals surface area contributed by atoms with Gasteiger partial charge in [-0.3, -0.25) is 0 Å². The van der Waals surface area contributed by atoms with Gasteiger partial charge in [-0.25, -0.2) is 0 Å². The van der Waals surface area contributed by atoms with Crippen molar-refractivity contribution in [3.63, 3.8) is 0 Å². The van der Waals surface area contributed by atoms with Crippen molar-refractivity contribution in [1.29, 1.82) is 0 Å². The molecule has 0 spiro atoms.